The maximum atomic E-state index is 12.6. The number of hydrogen-bond donors (Lipinski definition) is 3. The first kappa shape index (κ1) is 19.2. The van der Waals surface area contributed by atoms with Crippen molar-refractivity contribution in [2.24, 2.45) is 0 Å². The van der Waals surface area contributed by atoms with Gasteiger partial charge in [-0.15, -0.1) is 0 Å². The summed E-state index contributed by atoms with van der Waals surface area (Å²) in [6.45, 7) is 2.18. The lowest BCUT2D eigenvalue weighted by molar-refractivity contribution is 0.0345. The summed E-state index contributed by atoms with van der Waals surface area (Å²) in [5, 5.41) is 14.0. The molecule has 2 aromatic rings. The largest absolute Gasteiger partial charge is 0.478 e. The molecule has 1 saturated heterocycles. The van der Waals surface area contributed by atoms with Gasteiger partial charge >= 0.3 is 6.09 Å². The molecule has 3 N–H and O–H groups in total. The molecular formula is C21H28N6O3. The van der Waals surface area contributed by atoms with Crippen molar-refractivity contribution < 1.29 is 14.3 Å². The zero-order valence-corrected chi connectivity index (χ0v) is 17.2. The number of nitrogens with one attached hydrogen (secondary N) is 3. The van der Waals surface area contributed by atoms with Crippen LogP contribution in [0.2, 0.25) is 0 Å². The van der Waals surface area contributed by atoms with Crippen LogP contribution in [0.25, 0.3) is 0 Å². The molecule has 1 aliphatic carbocycles. The van der Waals surface area contributed by atoms with Crippen LogP contribution in [0.15, 0.2) is 24.4 Å². The van der Waals surface area contributed by atoms with Crippen LogP contribution < -0.4 is 15.4 Å². The number of rotatable bonds is 0. The number of likely N-dealkylation sites (tertiary alicyclic amines) is 1. The van der Waals surface area contributed by atoms with E-state index in [1.54, 1.807) is 6.20 Å². The zero-order valence-electron chi connectivity index (χ0n) is 17.2. The Bertz CT molecular complexity index is 910. The van der Waals surface area contributed by atoms with Gasteiger partial charge in [-0.05, 0) is 45.2 Å². The Kier molecular flexibility index (Phi) is 4.98. The van der Waals surface area contributed by atoms with E-state index in [9.17, 15) is 4.79 Å². The third kappa shape index (κ3) is 4.07. The fourth-order valence-electron chi connectivity index (χ4n) is 4.92. The van der Waals surface area contributed by atoms with Crippen LogP contribution in [0.4, 0.5) is 16.3 Å². The van der Waals surface area contributed by atoms with Gasteiger partial charge in [0.05, 0.1) is 12.1 Å². The van der Waals surface area contributed by atoms with E-state index in [0.717, 1.165) is 62.4 Å². The van der Waals surface area contributed by atoms with Crippen molar-refractivity contribution in [2.75, 3.05) is 32.1 Å². The molecule has 2 aliphatic heterocycles. The molecule has 1 spiro atoms. The van der Waals surface area contributed by atoms with E-state index in [2.05, 4.69) is 37.8 Å². The first-order valence-corrected chi connectivity index (χ1v) is 10.7. The summed E-state index contributed by atoms with van der Waals surface area (Å²) in [6.07, 6.45) is 5.68. The lowest BCUT2D eigenvalue weighted by atomic mass is 9.85. The molecule has 30 heavy (non-hydrogen) atoms. The summed E-state index contributed by atoms with van der Waals surface area (Å²) < 4.78 is 11.6. The van der Waals surface area contributed by atoms with Gasteiger partial charge in [-0.1, -0.05) is 0 Å². The summed E-state index contributed by atoms with van der Waals surface area (Å²) in [5.74, 6) is 1.63. The quantitative estimate of drug-likeness (QED) is 0.611. The topological polar surface area (TPSA) is 104 Å². The number of carbonyl (C=O) groups is 1. The molecule has 9 nitrogen and oxygen atoms in total. The lowest BCUT2D eigenvalue weighted by Crippen LogP contribution is -2.69. The van der Waals surface area contributed by atoms with E-state index in [1.165, 1.54) is 0 Å². The second kappa shape index (κ2) is 7.79. The zero-order chi connectivity index (χ0) is 20.6. The van der Waals surface area contributed by atoms with E-state index >= 15 is 0 Å². The number of ether oxygens (including phenoxy) is 2. The van der Waals surface area contributed by atoms with E-state index in [4.69, 9.17) is 9.47 Å². The fraction of sp³-hybridized carbons (Fsp3) is 0.571. The van der Waals surface area contributed by atoms with Gasteiger partial charge in [0.2, 0.25) is 5.88 Å². The Hall–Kier alpha value is -2.81. The van der Waals surface area contributed by atoms with Gasteiger partial charge in [-0.2, -0.15) is 5.10 Å². The molecule has 2 aromatic heterocycles. The number of alkyl carbamates (subject to hydrolysis) is 1. The van der Waals surface area contributed by atoms with E-state index in [1.807, 2.05) is 18.2 Å². The average molecular weight is 412 g/mol. The molecule has 1 saturated carbocycles. The van der Waals surface area contributed by atoms with E-state index < -0.39 is 0 Å². The highest BCUT2D eigenvalue weighted by atomic mass is 16.6. The molecule has 0 radical (unpaired) electrons. The smallest absolute Gasteiger partial charge is 0.407 e. The minimum atomic E-state index is -0.308. The summed E-state index contributed by atoms with van der Waals surface area (Å²) in [5.41, 5.74) is 1.71. The Labute approximate surface area is 175 Å². The van der Waals surface area contributed by atoms with Crippen LogP contribution in [0.3, 0.4) is 0 Å². The van der Waals surface area contributed by atoms with E-state index in [-0.39, 0.29) is 17.7 Å². The van der Waals surface area contributed by atoms with Crippen LogP contribution >= 0.6 is 0 Å². The van der Waals surface area contributed by atoms with Gasteiger partial charge in [-0.3, -0.25) is 5.10 Å². The van der Waals surface area contributed by atoms with Gasteiger partial charge in [0.25, 0.3) is 0 Å². The number of anilines is 2. The van der Waals surface area contributed by atoms with Crippen molar-refractivity contribution in [1.29, 1.82) is 0 Å². The molecule has 3 aliphatic rings. The summed E-state index contributed by atoms with van der Waals surface area (Å²) in [6, 6.07) is 5.80. The Morgan fingerprint density at radius 3 is 3.03 bits per heavy atom. The number of aromatic amines is 1. The van der Waals surface area contributed by atoms with Crippen molar-refractivity contribution in [3.05, 3.63) is 30.1 Å². The number of hydrogen-bond acceptors (Lipinski definition) is 7. The highest BCUT2D eigenvalue weighted by Crippen LogP contribution is 2.36. The van der Waals surface area contributed by atoms with Crippen molar-refractivity contribution >= 4 is 17.6 Å². The maximum absolute atomic E-state index is 12.6. The summed E-state index contributed by atoms with van der Waals surface area (Å²) in [4.78, 5) is 19.1. The van der Waals surface area contributed by atoms with Gasteiger partial charge in [0.1, 0.15) is 6.10 Å². The van der Waals surface area contributed by atoms with E-state index in [0.29, 0.717) is 18.4 Å². The molecule has 1 amide bonds. The first-order chi connectivity index (χ1) is 14.6. The predicted molar refractivity (Wildman–Crippen MR) is 111 cm³/mol. The molecule has 4 heterocycles. The molecule has 160 valence electrons. The molecule has 6 bridgehead atoms. The number of fused-ring (bicyclic) bond motifs is 7. The third-order valence-electron chi connectivity index (χ3n) is 6.26. The average Bonchev–Trinajstić information content (AvgIpc) is 3.33. The second-order valence-corrected chi connectivity index (χ2v) is 8.78. The Morgan fingerprint density at radius 1 is 1.27 bits per heavy atom. The molecule has 0 unspecified atom stereocenters. The van der Waals surface area contributed by atoms with Gasteiger partial charge in [-0.25, -0.2) is 9.78 Å². The molecular weight excluding hydrogens is 384 g/mol. The van der Waals surface area contributed by atoms with Crippen LogP contribution in [0, 0.1) is 0 Å². The lowest BCUT2D eigenvalue weighted by Gasteiger charge is -2.49. The number of aromatic nitrogens is 3. The number of H-pyrrole nitrogens is 1. The minimum absolute atomic E-state index is 0.0606. The summed E-state index contributed by atoms with van der Waals surface area (Å²) in [7, 11) is 2.06. The molecule has 2 fully saturated rings. The second-order valence-electron chi connectivity index (χ2n) is 8.78. The van der Waals surface area contributed by atoms with Crippen molar-refractivity contribution in [1.82, 2.24) is 25.4 Å². The minimum Gasteiger partial charge on any atom is -0.478 e. The van der Waals surface area contributed by atoms with Crippen LogP contribution in [0.5, 0.6) is 5.88 Å². The molecule has 9 heteroatoms. The van der Waals surface area contributed by atoms with Gasteiger partial charge in [0.15, 0.2) is 5.82 Å². The van der Waals surface area contributed by atoms with Crippen molar-refractivity contribution in [2.45, 2.75) is 49.7 Å². The highest BCUT2D eigenvalue weighted by Gasteiger charge is 2.43. The fourth-order valence-corrected chi connectivity index (χ4v) is 4.92. The highest BCUT2D eigenvalue weighted by molar-refractivity contribution is 5.69. The van der Waals surface area contributed by atoms with Crippen molar-refractivity contribution in [3.63, 3.8) is 0 Å². The number of likely N-dealkylation sites (N-methyl/N-ethyl adjacent to an activating group) is 1. The number of amides is 1. The van der Waals surface area contributed by atoms with Gasteiger partial charge in [0, 0.05) is 48.7 Å². The van der Waals surface area contributed by atoms with Crippen molar-refractivity contribution in [3.8, 4) is 5.88 Å². The monoisotopic (exact) mass is 412 g/mol. The standard InChI is InChI=1S/C21H28N6O3/c1-27-12-21(13-27)6-2-8-29-19-10-15(5-7-22-19)23-18-11-17(25-26-18)14-3-4-16(9-14)30-20(28)24-21/h5,7,10-11,14,16H,2-4,6,8-9,12-13H2,1H3,(H,24,28)(H2,23,25,26)/t14-,16+/m0/s1. The Morgan fingerprint density at radius 2 is 2.17 bits per heavy atom. The van der Waals surface area contributed by atoms with Crippen LogP contribution in [-0.2, 0) is 4.74 Å². The van der Waals surface area contributed by atoms with Crippen LogP contribution in [-0.4, -0.2) is 64.6 Å². The summed E-state index contributed by atoms with van der Waals surface area (Å²) >= 11 is 0. The number of nitrogens with zero attached hydrogens (tertiary/aromatic N) is 3. The molecule has 0 aromatic carbocycles. The molecule has 2 atom stereocenters. The van der Waals surface area contributed by atoms with Crippen LogP contribution in [0.1, 0.15) is 43.7 Å². The van der Waals surface area contributed by atoms with Gasteiger partial charge < -0.3 is 25.0 Å². The third-order valence-corrected chi connectivity index (χ3v) is 6.26. The maximum Gasteiger partial charge on any atom is 0.407 e. The number of carbonyl (C=O) groups excluding carboxylic acids is 1. The Balaban J connectivity index is 1.36. The first-order valence-electron chi connectivity index (χ1n) is 10.7. The predicted octanol–water partition coefficient (Wildman–Crippen LogP) is 2.77. The molecule has 5 rings (SSSR count). The SMILES string of the molecule is CN1CC2(CCCOc3cc(ccn3)Nc3cc([nH]n3)[C@H]3CC[C@H](C3)OC(=O)N2)C1. The normalized spacial score (nSPS) is 26.4. The number of pyridine rings is 1.